The molecule has 2 nitrogen and oxygen atoms in total. The second-order valence-electron chi connectivity index (χ2n) is 5.35. The van der Waals surface area contributed by atoms with Crippen LogP contribution in [0.3, 0.4) is 0 Å². The first kappa shape index (κ1) is 13.7. The summed E-state index contributed by atoms with van der Waals surface area (Å²) in [6.45, 7) is 2.31. The SMILES string of the molecule is CCC1CCC(N(C)c2cc(CCl)ccn2)CC1. The normalized spacial score (nSPS) is 23.9. The van der Waals surface area contributed by atoms with E-state index >= 15 is 0 Å². The van der Waals surface area contributed by atoms with Crippen molar-refractivity contribution >= 4 is 17.4 Å². The van der Waals surface area contributed by atoms with Gasteiger partial charge in [0.2, 0.25) is 0 Å². The molecule has 0 N–H and O–H groups in total. The van der Waals surface area contributed by atoms with Crippen LogP contribution in [0.2, 0.25) is 0 Å². The molecular weight excluding hydrogens is 244 g/mol. The maximum absolute atomic E-state index is 5.88. The number of hydrogen-bond donors (Lipinski definition) is 0. The van der Waals surface area contributed by atoms with Crippen molar-refractivity contribution < 1.29 is 0 Å². The first-order valence-electron chi connectivity index (χ1n) is 6.98. The smallest absolute Gasteiger partial charge is 0.128 e. The van der Waals surface area contributed by atoms with Gasteiger partial charge in [-0.3, -0.25) is 0 Å². The van der Waals surface area contributed by atoms with Crippen LogP contribution in [0, 0.1) is 5.92 Å². The first-order valence-corrected chi connectivity index (χ1v) is 7.51. The minimum absolute atomic E-state index is 0.561. The van der Waals surface area contributed by atoms with Crippen molar-refractivity contribution in [1.29, 1.82) is 0 Å². The summed E-state index contributed by atoms with van der Waals surface area (Å²) in [5.74, 6) is 2.57. The standard InChI is InChI=1S/C15H23ClN2/c1-3-12-4-6-14(7-5-12)18(2)15-10-13(11-16)8-9-17-15/h8-10,12,14H,3-7,11H2,1-2H3. The van der Waals surface area contributed by atoms with E-state index in [9.17, 15) is 0 Å². The van der Waals surface area contributed by atoms with Crippen LogP contribution in [0.15, 0.2) is 18.3 Å². The van der Waals surface area contributed by atoms with E-state index in [1.54, 1.807) is 0 Å². The number of anilines is 1. The van der Waals surface area contributed by atoms with E-state index in [0.717, 1.165) is 17.3 Å². The average Bonchev–Trinajstić information content (AvgIpc) is 2.46. The lowest BCUT2D eigenvalue weighted by Crippen LogP contribution is -2.35. The molecule has 0 aromatic carbocycles. The molecule has 1 aromatic heterocycles. The molecule has 0 atom stereocenters. The van der Waals surface area contributed by atoms with E-state index in [1.807, 2.05) is 12.3 Å². The summed E-state index contributed by atoms with van der Waals surface area (Å²) in [7, 11) is 2.16. The van der Waals surface area contributed by atoms with E-state index in [4.69, 9.17) is 11.6 Å². The van der Waals surface area contributed by atoms with Crippen molar-refractivity contribution in [3.63, 3.8) is 0 Å². The second kappa shape index (κ2) is 6.42. The van der Waals surface area contributed by atoms with Crippen molar-refractivity contribution in [2.75, 3.05) is 11.9 Å². The highest BCUT2D eigenvalue weighted by Gasteiger charge is 2.23. The number of alkyl halides is 1. The van der Waals surface area contributed by atoms with Crippen LogP contribution in [0.4, 0.5) is 5.82 Å². The van der Waals surface area contributed by atoms with Gasteiger partial charge in [-0.25, -0.2) is 4.98 Å². The molecule has 0 radical (unpaired) electrons. The Morgan fingerprint density at radius 2 is 2.06 bits per heavy atom. The van der Waals surface area contributed by atoms with Gasteiger partial charge in [0.15, 0.2) is 0 Å². The summed E-state index contributed by atoms with van der Waals surface area (Å²) >= 11 is 5.88. The highest BCUT2D eigenvalue weighted by Crippen LogP contribution is 2.30. The quantitative estimate of drug-likeness (QED) is 0.759. The number of pyridine rings is 1. The van der Waals surface area contributed by atoms with Gasteiger partial charge in [-0.15, -0.1) is 11.6 Å². The number of hydrogen-bond acceptors (Lipinski definition) is 2. The third-order valence-electron chi connectivity index (χ3n) is 4.27. The van der Waals surface area contributed by atoms with Crippen molar-refractivity contribution in [2.24, 2.45) is 5.92 Å². The summed E-state index contributed by atoms with van der Waals surface area (Å²) in [6, 6.07) is 4.74. The van der Waals surface area contributed by atoms with Crippen LogP contribution in [0.1, 0.15) is 44.6 Å². The molecule has 0 saturated heterocycles. The highest BCUT2D eigenvalue weighted by molar-refractivity contribution is 6.17. The molecular formula is C15H23ClN2. The fourth-order valence-corrected chi connectivity index (χ4v) is 3.03. The van der Waals surface area contributed by atoms with Gasteiger partial charge >= 0.3 is 0 Å². The van der Waals surface area contributed by atoms with Crippen LogP contribution < -0.4 is 4.90 Å². The number of rotatable bonds is 4. The Hall–Kier alpha value is -0.760. The van der Waals surface area contributed by atoms with E-state index < -0.39 is 0 Å². The zero-order valence-electron chi connectivity index (χ0n) is 11.4. The average molecular weight is 267 g/mol. The van der Waals surface area contributed by atoms with E-state index in [2.05, 4.69) is 29.9 Å². The van der Waals surface area contributed by atoms with Crippen LogP contribution in [-0.2, 0) is 5.88 Å². The molecule has 0 aliphatic heterocycles. The lowest BCUT2D eigenvalue weighted by molar-refractivity contribution is 0.313. The Balaban J connectivity index is 2.00. The summed E-state index contributed by atoms with van der Waals surface area (Å²) in [5, 5.41) is 0. The Bertz CT molecular complexity index is 373. The summed E-state index contributed by atoms with van der Waals surface area (Å²) in [6.07, 6.45) is 8.50. The molecule has 1 aliphatic rings. The van der Waals surface area contributed by atoms with E-state index in [1.165, 1.54) is 32.1 Å². The fraction of sp³-hybridized carbons (Fsp3) is 0.667. The highest BCUT2D eigenvalue weighted by atomic mass is 35.5. The summed E-state index contributed by atoms with van der Waals surface area (Å²) < 4.78 is 0. The second-order valence-corrected chi connectivity index (χ2v) is 5.62. The topological polar surface area (TPSA) is 16.1 Å². The molecule has 3 heteroatoms. The zero-order valence-corrected chi connectivity index (χ0v) is 12.2. The molecule has 0 spiro atoms. The Kier molecular flexibility index (Phi) is 4.87. The molecule has 0 amide bonds. The number of nitrogens with zero attached hydrogens (tertiary/aromatic N) is 2. The Morgan fingerprint density at radius 3 is 2.67 bits per heavy atom. The molecule has 18 heavy (non-hydrogen) atoms. The third-order valence-corrected chi connectivity index (χ3v) is 4.58. The van der Waals surface area contributed by atoms with Crippen LogP contribution in [-0.4, -0.2) is 18.1 Å². The van der Waals surface area contributed by atoms with Crippen molar-refractivity contribution in [3.05, 3.63) is 23.9 Å². The molecule has 1 heterocycles. The van der Waals surface area contributed by atoms with Crippen LogP contribution >= 0.6 is 11.6 Å². The lowest BCUT2D eigenvalue weighted by Gasteiger charge is -2.35. The molecule has 2 rings (SSSR count). The van der Waals surface area contributed by atoms with Gasteiger partial charge in [0.05, 0.1) is 0 Å². The van der Waals surface area contributed by atoms with Gasteiger partial charge in [0.1, 0.15) is 5.82 Å². The van der Waals surface area contributed by atoms with Crippen LogP contribution in [0.25, 0.3) is 0 Å². The van der Waals surface area contributed by atoms with E-state index in [-0.39, 0.29) is 0 Å². The van der Waals surface area contributed by atoms with Crippen molar-refractivity contribution in [3.8, 4) is 0 Å². The zero-order chi connectivity index (χ0) is 13.0. The maximum atomic E-state index is 5.88. The van der Waals surface area contributed by atoms with Crippen molar-refractivity contribution in [2.45, 2.75) is 50.9 Å². The van der Waals surface area contributed by atoms with Crippen LogP contribution in [0.5, 0.6) is 0 Å². The Labute approximate surface area is 115 Å². The largest absolute Gasteiger partial charge is 0.357 e. The predicted molar refractivity (Wildman–Crippen MR) is 78.2 cm³/mol. The molecule has 1 saturated carbocycles. The number of halogens is 1. The fourth-order valence-electron chi connectivity index (χ4n) is 2.86. The molecule has 100 valence electrons. The third kappa shape index (κ3) is 3.17. The van der Waals surface area contributed by atoms with E-state index in [0.29, 0.717) is 11.9 Å². The Morgan fingerprint density at radius 1 is 1.33 bits per heavy atom. The molecule has 1 fully saturated rings. The molecule has 0 unspecified atom stereocenters. The predicted octanol–water partition coefficient (Wildman–Crippen LogP) is 4.23. The lowest BCUT2D eigenvalue weighted by atomic mass is 9.84. The van der Waals surface area contributed by atoms with Gasteiger partial charge in [-0.2, -0.15) is 0 Å². The molecule has 1 aliphatic carbocycles. The van der Waals surface area contributed by atoms with Gasteiger partial charge < -0.3 is 4.90 Å². The first-order chi connectivity index (χ1) is 8.74. The maximum Gasteiger partial charge on any atom is 0.128 e. The minimum Gasteiger partial charge on any atom is -0.357 e. The summed E-state index contributed by atoms with van der Waals surface area (Å²) in [4.78, 5) is 6.80. The summed E-state index contributed by atoms with van der Waals surface area (Å²) in [5.41, 5.74) is 1.15. The monoisotopic (exact) mass is 266 g/mol. The van der Waals surface area contributed by atoms with Gasteiger partial charge in [-0.1, -0.05) is 13.3 Å². The minimum atomic E-state index is 0.561. The molecule has 0 bridgehead atoms. The number of aromatic nitrogens is 1. The van der Waals surface area contributed by atoms with Gasteiger partial charge in [0, 0.05) is 25.2 Å². The van der Waals surface area contributed by atoms with Gasteiger partial charge in [-0.05, 0) is 49.3 Å². The molecule has 1 aromatic rings. The van der Waals surface area contributed by atoms with Gasteiger partial charge in [0.25, 0.3) is 0 Å². The van der Waals surface area contributed by atoms with Crippen molar-refractivity contribution in [1.82, 2.24) is 4.98 Å².